The van der Waals surface area contributed by atoms with Gasteiger partial charge in [-0.15, -0.1) is 0 Å². The highest BCUT2D eigenvalue weighted by molar-refractivity contribution is 6.31. The van der Waals surface area contributed by atoms with Gasteiger partial charge in [-0.2, -0.15) is 5.26 Å². The molecule has 3 rings (SSSR count). The maximum Gasteiger partial charge on any atom is 0.338 e. The van der Waals surface area contributed by atoms with Crippen molar-refractivity contribution in [1.29, 1.82) is 5.26 Å². The van der Waals surface area contributed by atoms with Gasteiger partial charge in [0.2, 0.25) is 5.88 Å². The van der Waals surface area contributed by atoms with E-state index in [9.17, 15) is 10.1 Å². The van der Waals surface area contributed by atoms with Gasteiger partial charge in [-0.3, -0.25) is 0 Å². The van der Waals surface area contributed by atoms with Gasteiger partial charge < -0.3 is 19.9 Å². The van der Waals surface area contributed by atoms with E-state index in [4.69, 9.17) is 31.5 Å². The maximum atomic E-state index is 12.5. The minimum absolute atomic E-state index is 0.0212. The summed E-state index contributed by atoms with van der Waals surface area (Å²) in [5.41, 5.74) is 7.90. The molecular formula is C23H21ClN2O4. The van der Waals surface area contributed by atoms with E-state index in [0.717, 1.165) is 5.56 Å². The molecule has 1 aliphatic heterocycles. The zero-order valence-corrected chi connectivity index (χ0v) is 17.4. The fraction of sp³-hybridized carbons (Fsp3) is 0.217. The molecule has 30 heavy (non-hydrogen) atoms. The minimum Gasteiger partial charge on any atom is -0.489 e. The van der Waals surface area contributed by atoms with Crippen molar-refractivity contribution in [3.63, 3.8) is 0 Å². The van der Waals surface area contributed by atoms with E-state index in [1.165, 1.54) is 0 Å². The largest absolute Gasteiger partial charge is 0.489 e. The SMILES string of the molecule is CCOC(=O)C1=C(C)OC(N)=C(C#N)C1c1ccc(OCc2ccccc2Cl)cc1. The summed E-state index contributed by atoms with van der Waals surface area (Å²) in [5, 5.41) is 10.3. The number of esters is 1. The lowest BCUT2D eigenvalue weighted by Crippen LogP contribution is -2.25. The van der Waals surface area contributed by atoms with Crippen LogP contribution in [-0.4, -0.2) is 12.6 Å². The van der Waals surface area contributed by atoms with E-state index in [-0.39, 0.29) is 23.6 Å². The molecule has 0 saturated heterocycles. The maximum absolute atomic E-state index is 12.5. The highest BCUT2D eigenvalue weighted by Crippen LogP contribution is 2.40. The second-order valence-corrected chi connectivity index (χ2v) is 6.97. The number of hydrogen-bond acceptors (Lipinski definition) is 6. The number of halogens is 1. The van der Waals surface area contributed by atoms with E-state index in [1.807, 2.05) is 18.2 Å². The van der Waals surface area contributed by atoms with Crippen LogP contribution in [0.4, 0.5) is 0 Å². The van der Waals surface area contributed by atoms with Gasteiger partial charge in [0.05, 0.1) is 18.1 Å². The van der Waals surface area contributed by atoms with Crippen molar-refractivity contribution in [3.8, 4) is 11.8 Å². The number of benzene rings is 2. The number of rotatable bonds is 6. The van der Waals surface area contributed by atoms with Crippen LogP contribution in [0.25, 0.3) is 0 Å². The summed E-state index contributed by atoms with van der Waals surface area (Å²) in [6, 6.07) is 16.6. The second kappa shape index (κ2) is 9.38. The van der Waals surface area contributed by atoms with E-state index >= 15 is 0 Å². The predicted octanol–water partition coefficient (Wildman–Crippen LogP) is 4.56. The van der Waals surface area contributed by atoms with E-state index in [0.29, 0.717) is 28.7 Å². The Hall–Kier alpha value is -3.43. The fourth-order valence-electron chi connectivity index (χ4n) is 3.22. The van der Waals surface area contributed by atoms with Crippen LogP contribution in [0.15, 0.2) is 71.3 Å². The topological polar surface area (TPSA) is 94.6 Å². The molecule has 0 aliphatic carbocycles. The molecule has 0 spiro atoms. The van der Waals surface area contributed by atoms with Crippen molar-refractivity contribution < 1.29 is 19.0 Å². The number of nitriles is 1. The summed E-state index contributed by atoms with van der Waals surface area (Å²) in [6.45, 7) is 3.87. The third-order valence-electron chi connectivity index (χ3n) is 4.67. The molecule has 0 amide bonds. The van der Waals surface area contributed by atoms with Crippen molar-refractivity contribution in [2.45, 2.75) is 26.4 Å². The first-order chi connectivity index (χ1) is 14.5. The highest BCUT2D eigenvalue weighted by Gasteiger charge is 2.36. The van der Waals surface area contributed by atoms with Crippen molar-refractivity contribution in [3.05, 3.63) is 87.5 Å². The van der Waals surface area contributed by atoms with Crippen LogP contribution in [0.3, 0.4) is 0 Å². The summed E-state index contributed by atoms with van der Waals surface area (Å²) in [7, 11) is 0. The normalized spacial score (nSPS) is 16.0. The van der Waals surface area contributed by atoms with Gasteiger partial charge in [-0.05, 0) is 37.6 Å². The summed E-state index contributed by atoms with van der Waals surface area (Å²) >= 11 is 6.16. The highest BCUT2D eigenvalue weighted by atomic mass is 35.5. The fourth-order valence-corrected chi connectivity index (χ4v) is 3.41. The average Bonchev–Trinajstić information content (AvgIpc) is 2.73. The third-order valence-corrected chi connectivity index (χ3v) is 5.04. The van der Waals surface area contributed by atoms with Crippen LogP contribution in [0.5, 0.6) is 5.75 Å². The standard InChI is InChI=1S/C23H21ClN2O4/c1-3-28-23(27)20-14(2)30-22(26)18(12-25)21(20)15-8-10-17(11-9-15)29-13-16-6-4-5-7-19(16)24/h4-11,21H,3,13,26H2,1-2H3. The zero-order chi connectivity index (χ0) is 21.7. The molecule has 2 N–H and O–H groups in total. The Labute approximate surface area is 180 Å². The Morgan fingerprint density at radius 3 is 2.57 bits per heavy atom. The molecule has 0 radical (unpaired) electrons. The Balaban J connectivity index is 1.88. The number of nitrogens with zero attached hydrogens (tertiary/aromatic N) is 1. The summed E-state index contributed by atoms with van der Waals surface area (Å²) in [5.74, 6) is -0.305. The lowest BCUT2D eigenvalue weighted by Gasteiger charge is -2.26. The van der Waals surface area contributed by atoms with Gasteiger partial charge in [0.1, 0.15) is 29.8 Å². The number of carbonyl (C=O) groups is 1. The van der Waals surface area contributed by atoms with Crippen molar-refractivity contribution >= 4 is 17.6 Å². The van der Waals surface area contributed by atoms with E-state index < -0.39 is 11.9 Å². The number of ether oxygens (including phenoxy) is 3. The van der Waals surface area contributed by atoms with E-state index in [1.54, 1.807) is 44.2 Å². The summed E-state index contributed by atoms with van der Waals surface area (Å²) in [6.07, 6.45) is 0. The number of nitrogens with two attached hydrogens (primary N) is 1. The molecule has 0 saturated carbocycles. The summed E-state index contributed by atoms with van der Waals surface area (Å²) < 4.78 is 16.4. The first-order valence-electron chi connectivity index (χ1n) is 9.37. The minimum atomic E-state index is -0.680. The van der Waals surface area contributed by atoms with Gasteiger partial charge in [0.15, 0.2) is 0 Å². The van der Waals surface area contributed by atoms with Gasteiger partial charge >= 0.3 is 5.97 Å². The van der Waals surface area contributed by atoms with Gasteiger partial charge in [-0.25, -0.2) is 4.79 Å². The molecule has 1 unspecified atom stereocenters. The first kappa shape index (κ1) is 21.3. The Morgan fingerprint density at radius 1 is 1.23 bits per heavy atom. The average molecular weight is 425 g/mol. The molecule has 0 fully saturated rings. The number of carbonyl (C=O) groups excluding carboxylic acids is 1. The smallest absolute Gasteiger partial charge is 0.338 e. The monoisotopic (exact) mass is 424 g/mol. The van der Waals surface area contributed by atoms with Crippen molar-refractivity contribution in [2.24, 2.45) is 5.73 Å². The Morgan fingerprint density at radius 2 is 1.93 bits per heavy atom. The third kappa shape index (κ3) is 4.42. The quantitative estimate of drug-likeness (QED) is 0.683. The molecule has 1 atom stereocenters. The molecule has 154 valence electrons. The van der Waals surface area contributed by atoms with Crippen LogP contribution in [-0.2, 0) is 20.9 Å². The van der Waals surface area contributed by atoms with Crippen LogP contribution >= 0.6 is 11.6 Å². The van der Waals surface area contributed by atoms with Gasteiger partial charge in [0.25, 0.3) is 0 Å². The molecular weight excluding hydrogens is 404 g/mol. The Kier molecular flexibility index (Phi) is 6.65. The van der Waals surface area contributed by atoms with Crippen LogP contribution in [0.2, 0.25) is 5.02 Å². The molecule has 0 aromatic heterocycles. The first-order valence-corrected chi connectivity index (χ1v) is 9.75. The van der Waals surface area contributed by atoms with Gasteiger partial charge in [-0.1, -0.05) is 41.9 Å². The van der Waals surface area contributed by atoms with Crippen molar-refractivity contribution in [2.75, 3.05) is 6.61 Å². The molecule has 1 aliphatic rings. The number of allylic oxidation sites excluding steroid dienone is 2. The van der Waals surface area contributed by atoms with Crippen LogP contribution < -0.4 is 10.5 Å². The molecule has 0 bridgehead atoms. The number of hydrogen-bond donors (Lipinski definition) is 1. The zero-order valence-electron chi connectivity index (χ0n) is 16.6. The molecule has 2 aromatic rings. The molecule has 1 heterocycles. The van der Waals surface area contributed by atoms with Crippen LogP contribution in [0.1, 0.15) is 30.9 Å². The predicted molar refractivity (Wildman–Crippen MR) is 112 cm³/mol. The summed E-state index contributed by atoms with van der Waals surface area (Å²) in [4.78, 5) is 12.5. The second-order valence-electron chi connectivity index (χ2n) is 6.56. The molecule has 7 heteroatoms. The lowest BCUT2D eigenvalue weighted by molar-refractivity contribution is -0.139. The molecule has 6 nitrogen and oxygen atoms in total. The lowest BCUT2D eigenvalue weighted by atomic mass is 9.83. The van der Waals surface area contributed by atoms with Gasteiger partial charge in [0, 0.05) is 10.6 Å². The van der Waals surface area contributed by atoms with Crippen LogP contribution in [0, 0.1) is 11.3 Å². The van der Waals surface area contributed by atoms with Crippen molar-refractivity contribution in [1.82, 2.24) is 0 Å². The van der Waals surface area contributed by atoms with E-state index in [2.05, 4.69) is 6.07 Å². The molecule has 2 aromatic carbocycles. The Bertz CT molecular complexity index is 1050.